The van der Waals surface area contributed by atoms with Gasteiger partial charge in [-0.25, -0.2) is 4.79 Å². The molecule has 0 aromatic carbocycles. The van der Waals surface area contributed by atoms with E-state index in [9.17, 15) is 4.79 Å². The zero-order valence-corrected chi connectivity index (χ0v) is 12.1. The fourth-order valence-electron chi connectivity index (χ4n) is 2.43. The van der Waals surface area contributed by atoms with Crippen LogP contribution in [0.25, 0.3) is 5.57 Å². The van der Waals surface area contributed by atoms with Gasteiger partial charge in [0, 0.05) is 18.4 Å². The molecular weight excluding hydrogens is 254 g/mol. The normalized spacial score (nSPS) is 15.8. The van der Waals surface area contributed by atoms with E-state index in [0.29, 0.717) is 24.5 Å². The Morgan fingerprint density at radius 1 is 1.40 bits per heavy atom. The average Bonchev–Trinajstić information content (AvgIpc) is 2.84. The van der Waals surface area contributed by atoms with E-state index in [1.54, 1.807) is 0 Å². The zero-order chi connectivity index (χ0) is 14.5. The Bertz CT molecular complexity index is 540. The van der Waals surface area contributed by atoms with Crippen LogP contribution in [-0.2, 0) is 16.0 Å². The Morgan fingerprint density at radius 3 is 2.85 bits per heavy atom. The molecule has 0 bridgehead atoms. The second-order valence-corrected chi connectivity index (χ2v) is 4.70. The van der Waals surface area contributed by atoms with Gasteiger partial charge in [-0.2, -0.15) is 0 Å². The zero-order valence-electron chi connectivity index (χ0n) is 12.1. The Kier molecular flexibility index (Phi) is 4.66. The number of esters is 1. The minimum atomic E-state index is -0.266. The molecule has 0 spiro atoms. The van der Waals surface area contributed by atoms with E-state index in [1.807, 2.05) is 32.2 Å². The molecule has 0 amide bonds. The number of carbonyl (C=O) groups is 1. The highest BCUT2D eigenvalue weighted by Crippen LogP contribution is 2.29. The smallest absolute Gasteiger partial charge is 0.339 e. The van der Waals surface area contributed by atoms with Crippen molar-refractivity contribution in [3.8, 4) is 0 Å². The monoisotopic (exact) mass is 275 g/mol. The molecule has 1 aliphatic rings. The summed E-state index contributed by atoms with van der Waals surface area (Å²) in [6.45, 7) is 9.56. The lowest BCUT2D eigenvalue weighted by Gasteiger charge is -2.18. The van der Waals surface area contributed by atoms with E-state index in [0.717, 1.165) is 30.7 Å². The molecule has 4 heteroatoms. The van der Waals surface area contributed by atoms with Crippen molar-refractivity contribution in [3.63, 3.8) is 0 Å². The average molecular weight is 275 g/mol. The largest absolute Gasteiger partial charge is 0.495 e. The van der Waals surface area contributed by atoms with Crippen molar-refractivity contribution in [3.05, 3.63) is 41.9 Å². The summed E-state index contributed by atoms with van der Waals surface area (Å²) >= 11 is 0. The van der Waals surface area contributed by atoms with Crippen molar-refractivity contribution in [2.24, 2.45) is 0 Å². The molecule has 2 rings (SSSR count). The Hall–Kier alpha value is -1.97. The molecule has 20 heavy (non-hydrogen) atoms. The van der Waals surface area contributed by atoms with Crippen molar-refractivity contribution in [2.45, 2.75) is 33.2 Å². The maximum atomic E-state index is 11.8. The van der Waals surface area contributed by atoms with Gasteiger partial charge in [-0.15, -0.1) is 0 Å². The topological polar surface area (TPSA) is 40.5 Å². The number of aromatic nitrogens is 1. The van der Waals surface area contributed by atoms with Crippen LogP contribution in [0.3, 0.4) is 0 Å². The number of ether oxygens (including phenoxy) is 2. The molecule has 0 N–H and O–H groups in total. The van der Waals surface area contributed by atoms with Crippen LogP contribution in [0.1, 0.15) is 42.7 Å². The van der Waals surface area contributed by atoms with E-state index in [2.05, 4.69) is 11.1 Å². The molecule has 0 aliphatic carbocycles. The van der Waals surface area contributed by atoms with Crippen LogP contribution in [0.2, 0.25) is 0 Å². The van der Waals surface area contributed by atoms with Gasteiger partial charge in [-0.1, -0.05) is 6.58 Å². The number of allylic oxidation sites excluding steroid dienone is 2. The molecule has 0 radical (unpaired) electrons. The number of aryl methyl sites for hydroxylation is 1. The lowest BCUT2D eigenvalue weighted by atomic mass is 10.0. The van der Waals surface area contributed by atoms with E-state index in [1.165, 1.54) is 0 Å². The molecule has 4 nitrogen and oxygen atoms in total. The first-order valence-corrected chi connectivity index (χ1v) is 7.05. The predicted octanol–water partition coefficient (Wildman–Crippen LogP) is 3.39. The van der Waals surface area contributed by atoms with Gasteiger partial charge in [0.15, 0.2) is 0 Å². The van der Waals surface area contributed by atoms with Gasteiger partial charge in [-0.05, 0) is 44.4 Å². The van der Waals surface area contributed by atoms with Crippen molar-refractivity contribution < 1.29 is 14.3 Å². The fraction of sp³-hybridized carbons (Fsp3) is 0.438. The van der Waals surface area contributed by atoms with Gasteiger partial charge >= 0.3 is 5.97 Å². The Labute approximate surface area is 119 Å². The molecule has 108 valence electrons. The molecular formula is C16H21NO3. The summed E-state index contributed by atoms with van der Waals surface area (Å²) in [7, 11) is 0. The highest BCUT2D eigenvalue weighted by atomic mass is 16.5. The predicted molar refractivity (Wildman–Crippen MR) is 78.4 cm³/mol. The van der Waals surface area contributed by atoms with Gasteiger partial charge in [0.1, 0.15) is 5.76 Å². The molecule has 1 aromatic heterocycles. The summed E-state index contributed by atoms with van der Waals surface area (Å²) in [6.07, 6.45) is 5.85. The summed E-state index contributed by atoms with van der Waals surface area (Å²) in [5.41, 5.74) is 2.82. The van der Waals surface area contributed by atoms with Crippen LogP contribution in [0.4, 0.5) is 0 Å². The number of hydrogen-bond acceptors (Lipinski definition) is 3. The SMILES string of the molecule is C=C(C=C1CCCn2cc(C(=O)OCC)cc21)OCC. The summed E-state index contributed by atoms with van der Waals surface area (Å²) in [5, 5.41) is 0. The molecule has 0 saturated carbocycles. The van der Waals surface area contributed by atoms with Crippen LogP contribution >= 0.6 is 0 Å². The van der Waals surface area contributed by atoms with Crippen LogP contribution in [0.15, 0.2) is 30.7 Å². The first-order chi connectivity index (χ1) is 9.65. The first-order valence-electron chi connectivity index (χ1n) is 7.05. The summed E-state index contributed by atoms with van der Waals surface area (Å²) < 4.78 is 12.5. The van der Waals surface area contributed by atoms with Crippen molar-refractivity contribution in [2.75, 3.05) is 13.2 Å². The number of fused-ring (bicyclic) bond motifs is 1. The minimum absolute atomic E-state index is 0.266. The van der Waals surface area contributed by atoms with E-state index < -0.39 is 0 Å². The molecule has 1 aliphatic heterocycles. The van der Waals surface area contributed by atoms with Crippen LogP contribution in [0.5, 0.6) is 0 Å². The number of nitrogens with zero attached hydrogens (tertiary/aromatic N) is 1. The molecule has 0 unspecified atom stereocenters. The van der Waals surface area contributed by atoms with Gasteiger partial charge in [0.25, 0.3) is 0 Å². The highest BCUT2D eigenvalue weighted by Gasteiger charge is 2.19. The lowest BCUT2D eigenvalue weighted by Crippen LogP contribution is -2.08. The maximum absolute atomic E-state index is 11.8. The highest BCUT2D eigenvalue weighted by molar-refractivity contribution is 5.90. The van der Waals surface area contributed by atoms with Gasteiger partial charge in [0.05, 0.1) is 18.8 Å². The number of hydrogen-bond donors (Lipinski definition) is 0. The quantitative estimate of drug-likeness (QED) is 0.611. The number of rotatable bonds is 5. The van der Waals surface area contributed by atoms with Gasteiger partial charge < -0.3 is 14.0 Å². The van der Waals surface area contributed by atoms with Crippen molar-refractivity contribution in [1.82, 2.24) is 4.57 Å². The van der Waals surface area contributed by atoms with E-state index >= 15 is 0 Å². The summed E-state index contributed by atoms with van der Waals surface area (Å²) in [5.74, 6) is 0.396. The second kappa shape index (κ2) is 6.46. The lowest BCUT2D eigenvalue weighted by molar-refractivity contribution is 0.0526. The molecule has 1 aromatic rings. The maximum Gasteiger partial charge on any atom is 0.339 e. The summed E-state index contributed by atoms with van der Waals surface area (Å²) in [4.78, 5) is 11.8. The molecule has 0 fully saturated rings. The second-order valence-electron chi connectivity index (χ2n) is 4.70. The third-order valence-corrected chi connectivity index (χ3v) is 3.25. The standard InChI is InChI=1S/C16H21NO3/c1-4-19-12(3)9-13-7-6-8-17-11-14(10-15(13)17)16(18)20-5-2/h9-11H,3-8H2,1-2H3. The Morgan fingerprint density at radius 2 is 2.15 bits per heavy atom. The van der Waals surface area contributed by atoms with Crippen molar-refractivity contribution >= 4 is 11.5 Å². The molecule has 2 heterocycles. The molecule has 0 saturated heterocycles. The summed E-state index contributed by atoms with van der Waals surface area (Å²) in [6, 6.07) is 1.89. The van der Waals surface area contributed by atoms with Gasteiger partial charge in [0.2, 0.25) is 0 Å². The van der Waals surface area contributed by atoms with Crippen molar-refractivity contribution in [1.29, 1.82) is 0 Å². The minimum Gasteiger partial charge on any atom is -0.495 e. The third-order valence-electron chi connectivity index (χ3n) is 3.25. The van der Waals surface area contributed by atoms with E-state index in [4.69, 9.17) is 9.47 Å². The number of carbonyl (C=O) groups excluding carboxylic acids is 1. The molecule has 0 atom stereocenters. The van der Waals surface area contributed by atoms with E-state index in [-0.39, 0.29) is 5.97 Å². The fourth-order valence-corrected chi connectivity index (χ4v) is 2.43. The van der Waals surface area contributed by atoms with Crippen LogP contribution < -0.4 is 0 Å². The Balaban J connectivity index is 2.27. The first kappa shape index (κ1) is 14.4. The third kappa shape index (κ3) is 3.13. The van der Waals surface area contributed by atoms with Gasteiger partial charge in [-0.3, -0.25) is 0 Å². The van der Waals surface area contributed by atoms with Crippen LogP contribution in [0, 0.1) is 0 Å². The van der Waals surface area contributed by atoms with Crippen LogP contribution in [-0.4, -0.2) is 23.8 Å².